The first kappa shape index (κ1) is 14.8. The molecule has 1 saturated heterocycles. The molecular weight excluding hydrogens is 276 g/mol. The van der Waals surface area contributed by atoms with Gasteiger partial charge in [0.2, 0.25) is 0 Å². The van der Waals surface area contributed by atoms with Gasteiger partial charge in [-0.15, -0.1) is 0 Å². The number of nitrogens with zero attached hydrogens (tertiary/aromatic N) is 3. The van der Waals surface area contributed by atoms with E-state index in [9.17, 15) is 4.79 Å². The van der Waals surface area contributed by atoms with Crippen LogP contribution in [0.5, 0.6) is 0 Å². The highest BCUT2D eigenvalue weighted by Crippen LogP contribution is 2.20. The Morgan fingerprint density at radius 3 is 2.86 bits per heavy atom. The quantitative estimate of drug-likeness (QED) is 0.938. The first-order valence-corrected chi connectivity index (χ1v) is 7.67. The summed E-state index contributed by atoms with van der Waals surface area (Å²) >= 11 is 0. The minimum Gasteiger partial charge on any atom is -0.342 e. The Balaban J connectivity index is 1.85. The van der Waals surface area contributed by atoms with Crippen LogP contribution >= 0.6 is 0 Å². The minimum absolute atomic E-state index is 0.0910. The Morgan fingerprint density at radius 1 is 1.41 bits per heavy atom. The lowest BCUT2D eigenvalue weighted by molar-refractivity contribution is 0.0790. The van der Waals surface area contributed by atoms with Gasteiger partial charge < -0.3 is 15.2 Å². The van der Waals surface area contributed by atoms with E-state index < -0.39 is 0 Å². The molecule has 116 valence electrons. The first-order valence-electron chi connectivity index (χ1n) is 7.67. The van der Waals surface area contributed by atoms with Crippen molar-refractivity contribution in [2.45, 2.75) is 32.9 Å². The summed E-state index contributed by atoms with van der Waals surface area (Å²) in [6, 6.07) is 7.98. The predicted octanol–water partition coefficient (Wildman–Crippen LogP) is 1.72. The topological polar surface area (TPSA) is 64.2 Å². The predicted molar refractivity (Wildman–Crippen MR) is 85.7 cm³/mol. The van der Waals surface area contributed by atoms with Crippen LogP contribution in [0.4, 0.5) is 0 Å². The molecule has 3 rings (SSSR count). The summed E-state index contributed by atoms with van der Waals surface area (Å²) in [7, 11) is 0. The molecule has 3 heterocycles. The maximum atomic E-state index is 12.7. The van der Waals surface area contributed by atoms with Crippen LogP contribution in [0.3, 0.4) is 0 Å². The number of pyridine rings is 1. The second-order valence-electron chi connectivity index (χ2n) is 5.99. The van der Waals surface area contributed by atoms with Crippen molar-refractivity contribution in [3.63, 3.8) is 0 Å². The minimum atomic E-state index is 0.0910. The summed E-state index contributed by atoms with van der Waals surface area (Å²) in [6.07, 6.45) is 2.68. The summed E-state index contributed by atoms with van der Waals surface area (Å²) in [6.45, 7) is 6.12. The highest BCUT2D eigenvalue weighted by atomic mass is 16.2. The highest BCUT2D eigenvalue weighted by Gasteiger charge is 2.27. The molecule has 1 aliphatic heterocycles. The maximum Gasteiger partial charge on any atom is 0.255 e. The van der Waals surface area contributed by atoms with E-state index in [1.54, 1.807) is 6.20 Å². The fourth-order valence-corrected chi connectivity index (χ4v) is 3.06. The fraction of sp³-hybridized carbons (Fsp3) is 0.412. The average Bonchev–Trinajstić information content (AvgIpc) is 3.06. The van der Waals surface area contributed by atoms with Crippen molar-refractivity contribution in [1.82, 2.24) is 14.5 Å². The molecule has 2 aromatic heterocycles. The van der Waals surface area contributed by atoms with E-state index in [0.29, 0.717) is 13.1 Å². The standard InChI is InChI=1S/C17H22N4O/c1-12-9-16(17(22)20-8-6-14(18)10-20)13(2)21(12)11-15-5-3-4-7-19-15/h3-5,7,9,14H,6,8,10-11,18H2,1-2H3/t14-/m1/s1. The van der Waals surface area contributed by atoms with Crippen molar-refractivity contribution in [2.24, 2.45) is 5.73 Å². The van der Waals surface area contributed by atoms with Crippen molar-refractivity contribution < 1.29 is 4.79 Å². The molecule has 2 N–H and O–H groups in total. The van der Waals surface area contributed by atoms with Gasteiger partial charge in [-0.3, -0.25) is 9.78 Å². The Morgan fingerprint density at radius 2 is 2.23 bits per heavy atom. The number of nitrogens with two attached hydrogens (primary N) is 1. The molecule has 1 atom stereocenters. The number of hydrogen-bond donors (Lipinski definition) is 1. The summed E-state index contributed by atoms with van der Waals surface area (Å²) in [5.41, 5.74) is 9.75. The van der Waals surface area contributed by atoms with E-state index in [4.69, 9.17) is 5.73 Å². The van der Waals surface area contributed by atoms with Gasteiger partial charge in [-0.1, -0.05) is 6.07 Å². The van der Waals surface area contributed by atoms with Crippen LogP contribution in [0.25, 0.3) is 0 Å². The van der Waals surface area contributed by atoms with Gasteiger partial charge in [-0.05, 0) is 38.5 Å². The van der Waals surface area contributed by atoms with Crippen LogP contribution in [0, 0.1) is 13.8 Å². The molecule has 0 aromatic carbocycles. The lowest BCUT2D eigenvalue weighted by Gasteiger charge is -2.16. The van der Waals surface area contributed by atoms with Gasteiger partial charge in [0.15, 0.2) is 0 Å². The van der Waals surface area contributed by atoms with E-state index in [1.165, 1.54) is 0 Å². The molecule has 0 bridgehead atoms. The molecule has 22 heavy (non-hydrogen) atoms. The van der Waals surface area contributed by atoms with E-state index in [0.717, 1.165) is 35.6 Å². The summed E-state index contributed by atoms with van der Waals surface area (Å²) in [5, 5.41) is 0. The molecule has 5 nitrogen and oxygen atoms in total. The van der Waals surface area contributed by atoms with E-state index in [-0.39, 0.29) is 11.9 Å². The molecule has 5 heteroatoms. The van der Waals surface area contributed by atoms with Gasteiger partial charge in [0.05, 0.1) is 17.8 Å². The maximum absolute atomic E-state index is 12.7. The van der Waals surface area contributed by atoms with Gasteiger partial charge in [-0.2, -0.15) is 0 Å². The number of amides is 1. The molecule has 0 unspecified atom stereocenters. The van der Waals surface area contributed by atoms with Crippen molar-refractivity contribution in [2.75, 3.05) is 13.1 Å². The Labute approximate surface area is 130 Å². The summed E-state index contributed by atoms with van der Waals surface area (Å²) in [5.74, 6) is 0.0910. The van der Waals surface area contributed by atoms with Gasteiger partial charge in [0, 0.05) is 36.7 Å². The fourth-order valence-electron chi connectivity index (χ4n) is 3.06. The van der Waals surface area contributed by atoms with Crippen LogP contribution in [0.2, 0.25) is 0 Å². The lowest BCUT2D eigenvalue weighted by Crippen LogP contribution is -2.32. The van der Waals surface area contributed by atoms with Gasteiger partial charge in [-0.25, -0.2) is 0 Å². The van der Waals surface area contributed by atoms with E-state index in [1.807, 2.05) is 43.0 Å². The van der Waals surface area contributed by atoms with E-state index in [2.05, 4.69) is 9.55 Å². The molecule has 1 amide bonds. The van der Waals surface area contributed by atoms with Crippen molar-refractivity contribution in [1.29, 1.82) is 0 Å². The molecule has 0 radical (unpaired) electrons. The number of carbonyl (C=O) groups is 1. The van der Waals surface area contributed by atoms with Crippen molar-refractivity contribution >= 4 is 5.91 Å². The Hall–Kier alpha value is -2.14. The molecule has 0 spiro atoms. The van der Waals surface area contributed by atoms with E-state index >= 15 is 0 Å². The van der Waals surface area contributed by atoms with Crippen LogP contribution in [-0.4, -0.2) is 39.5 Å². The van der Waals surface area contributed by atoms with Gasteiger partial charge in [0.1, 0.15) is 0 Å². The SMILES string of the molecule is Cc1cc(C(=O)N2CC[C@@H](N)C2)c(C)n1Cc1ccccn1. The van der Waals surface area contributed by atoms with Crippen LogP contribution < -0.4 is 5.73 Å². The summed E-state index contributed by atoms with van der Waals surface area (Å²) < 4.78 is 2.14. The second-order valence-corrected chi connectivity index (χ2v) is 5.99. The lowest BCUT2D eigenvalue weighted by atomic mass is 10.2. The monoisotopic (exact) mass is 298 g/mol. The average molecular weight is 298 g/mol. The number of likely N-dealkylation sites (tertiary alicyclic amines) is 1. The molecule has 0 saturated carbocycles. The third kappa shape index (κ3) is 2.76. The number of carbonyl (C=O) groups excluding carboxylic acids is 1. The van der Waals surface area contributed by atoms with Crippen LogP contribution in [-0.2, 0) is 6.54 Å². The Kier molecular flexibility index (Phi) is 3.98. The van der Waals surface area contributed by atoms with Crippen LogP contribution in [0.15, 0.2) is 30.5 Å². The molecular formula is C17H22N4O. The zero-order valence-corrected chi connectivity index (χ0v) is 13.1. The van der Waals surface area contributed by atoms with Gasteiger partial charge in [0.25, 0.3) is 5.91 Å². The zero-order valence-electron chi connectivity index (χ0n) is 13.1. The van der Waals surface area contributed by atoms with Gasteiger partial charge >= 0.3 is 0 Å². The largest absolute Gasteiger partial charge is 0.342 e. The second kappa shape index (κ2) is 5.93. The molecule has 0 aliphatic carbocycles. The Bertz CT molecular complexity index is 677. The molecule has 1 aliphatic rings. The number of rotatable bonds is 3. The normalized spacial score (nSPS) is 18.0. The third-order valence-corrected chi connectivity index (χ3v) is 4.36. The third-order valence-electron chi connectivity index (χ3n) is 4.36. The number of aromatic nitrogens is 2. The molecule has 2 aromatic rings. The van der Waals surface area contributed by atoms with Crippen molar-refractivity contribution in [3.05, 3.63) is 53.1 Å². The number of hydrogen-bond acceptors (Lipinski definition) is 3. The zero-order chi connectivity index (χ0) is 15.7. The van der Waals surface area contributed by atoms with Crippen LogP contribution in [0.1, 0.15) is 33.9 Å². The first-order chi connectivity index (χ1) is 10.6. The highest BCUT2D eigenvalue weighted by molar-refractivity contribution is 5.96. The van der Waals surface area contributed by atoms with Crippen molar-refractivity contribution in [3.8, 4) is 0 Å². The molecule has 1 fully saturated rings. The smallest absolute Gasteiger partial charge is 0.255 e. The number of aryl methyl sites for hydroxylation is 1. The summed E-state index contributed by atoms with van der Waals surface area (Å²) in [4.78, 5) is 18.9.